The van der Waals surface area contributed by atoms with Crippen LogP contribution in [0.4, 0.5) is 22.7 Å². The fraction of sp³-hybridized carbons (Fsp3) is 0.143. The van der Waals surface area contributed by atoms with Crippen LogP contribution >= 0.6 is 0 Å². The second-order valence-electron chi connectivity index (χ2n) is 4.83. The van der Waals surface area contributed by atoms with Crippen LogP contribution in [0, 0.1) is 10.1 Å². The third kappa shape index (κ3) is 2.77. The standard InChI is InChI=1S/C14H13N5O4/c1-22-7-8-6-9(15)2-3-10(8)16-11-4-5-12(19(20)21)14-13(11)17-23-18-14/h2-6,16H,7,15H2,1H3. The smallest absolute Gasteiger partial charge is 0.300 e. The SMILES string of the molecule is COCc1cc(N)ccc1Nc1ccc([N+](=O)[O-])c2nonc12. The third-order valence-corrected chi connectivity index (χ3v) is 3.29. The molecule has 0 aliphatic rings. The minimum Gasteiger partial charge on any atom is -0.399 e. The fourth-order valence-electron chi connectivity index (χ4n) is 2.26. The molecule has 118 valence electrons. The van der Waals surface area contributed by atoms with Crippen LogP contribution < -0.4 is 11.1 Å². The molecular formula is C14H13N5O4. The predicted octanol–water partition coefficient (Wildman–Crippen LogP) is 2.60. The fourth-order valence-corrected chi connectivity index (χ4v) is 2.26. The number of nitro benzene ring substituents is 1. The van der Waals surface area contributed by atoms with Crippen LogP contribution in [0.2, 0.25) is 0 Å². The Hall–Kier alpha value is -3.20. The highest BCUT2D eigenvalue weighted by Gasteiger charge is 2.20. The molecule has 9 heteroatoms. The van der Waals surface area contributed by atoms with E-state index in [-0.39, 0.29) is 16.7 Å². The molecule has 0 saturated carbocycles. The van der Waals surface area contributed by atoms with E-state index in [0.717, 1.165) is 11.3 Å². The molecule has 0 fully saturated rings. The van der Waals surface area contributed by atoms with E-state index in [1.165, 1.54) is 6.07 Å². The number of methoxy groups -OCH3 is 1. The zero-order chi connectivity index (χ0) is 16.4. The van der Waals surface area contributed by atoms with E-state index in [1.54, 1.807) is 31.4 Å². The van der Waals surface area contributed by atoms with Gasteiger partial charge in [-0.3, -0.25) is 10.1 Å². The van der Waals surface area contributed by atoms with Crippen molar-refractivity contribution in [1.29, 1.82) is 0 Å². The number of hydrogen-bond donors (Lipinski definition) is 2. The summed E-state index contributed by atoms with van der Waals surface area (Å²) in [7, 11) is 1.58. The molecule has 2 aromatic carbocycles. The van der Waals surface area contributed by atoms with Crippen LogP contribution in [0.1, 0.15) is 5.56 Å². The molecule has 1 aromatic heterocycles. The molecule has 3 N–H and O–H groups in total. The number of nitro groups is 1. The van der Waals surface area contributed by atoms with Crippen molar-refractivity contribution in [3.63, 3.8) is 0 Å². The number of ether oxygens (including phenoxy) is 1. The number of fused-ring (bicyclic) bond motifs is 1. The number of hydrogen-bond acceptors (Lipinski definition) is 8. The number of anilines is 3. The zero-order valence-electron chi connectivity index (χ0n) is 12.1. The lowest BCUT2D eigenvalue weighted by molar-refractivity contribution is -0.383. The Morgan fingerprint density at radius 1 is 1.26 bits per heavy atom. The predicted molar refractivity (Wildman–Crippen MR) is 83.3 cm³/mol. The third-order valence-electron chi connectivity index (χ3n) is 3.29. The highest BCUT2D eigenvalue weighted by Crippen LogP contribution is 2.32. The molecule has 0 unspecified atom stereocenters. The van der Waals surface area contributed by atoms with Crippen LogP contribution in [0.5, 0.6) is 0 Å². The van der Waals surface area contributed by atoms with Crippen LogP contribution in [0.3, 0.4) is 0 Å². The minimum atomic E-state index is -0.532. The van der Waals surface area contributed by atoms with E-state index in [0.29, 0.717) is 18.0 Å². The summed E-state index contributed by atoms with van der Waals surface area (Å²) in [5, 5.41) is 21.5. The molecule has 23 heavy (non-hydrogen) atoms. The van der Waals surface area contributed by atoms with Crippen molar-refractivity contribution >= 4 is 33.8 Å². The van der Waals surface area contributed by atoms with Gasteiger partial charge in [-0.1, -0.05) is 0 Å². The monoisotopic (exact) mass is 315 g/mol. The van der Waals surface area contributed by atoms with Crippen LogP contribution in [-0.2, 0) is 11.3 Å². The van der Waals surface area contributed by atoms with Crippen LogP contribution in [-0.4, -0.2) is 22.3 Å². The molecule has 0 spiro atoms. The number of benzene rings is 2. The number of non-ortho nitro benzene ring substituents is 1. The Bertz CT molecular complexity index is 877. The summed E-state index contributed by atoms with van der Waals surface area (Å²) in [5.74, 6) is 0. The topological polar surface area (TPSA) is 129 Å². The molecule has 0 aliphatic heterocycles. The Morgan fingerprint density at radius 2 is 2.00 bits per heavy atom. The first-order valence-corrected chi connectivity index (χ1v) is 6.64. The largest absolute Gasteiger partial charge is 0.399 e. The summed E-state index contributed by atoms with van der Waals surface area (Å²) in [6.45, 7) is 0.362. The lowest BCUT2D eigenvalue weighted by atomic mass is 10.1. The Morgan fingerprint density at radius 3 is 2.74 bits per heavy atom. The van der Waals surface area contributed by atoms with Gasteiger partial charge in [0.2, 0.25) is 5.52 Å². The average molecular weight is 315 g/mol. The van der Waals surface area contributed by atoms with E-state index in [9.17, 15) is 10.1 Å². The first-order valence-electron chi connectivity index (χ1n) is 6.64. The Kier molecular flexibility index (Phi) is 3.77. The summed E-state index contributed by atoms with van der Waals surface area (Å²) >= 11 is 0. The highest BCUT2D eigenvalue weighted by atomic mass is 16.6. The number of nitrogen functional groups attached to an aromatic ring is 1. The van der Waals surface area contributed by atoms with Crippen molar-refractivity contribution in [1.82, 2.24) is 10.3 Å². The molecule has 0 amide bonds. The van der Waals surface area contributed by atoms with Crippen molar-refractivity contribution < 1.29 is 14.3 Å². The maximum atomic E-state index is 11.0. The van der Waals surface area contributed by atoms with E-state index in [4.69, 9.17) is 10.5 Å². The van der Waals surface area contributed by atoms with E-state index in [2.05, 4.69) is 20.3 Å². The summed E-state index contributed by atoms with van der Waals surface area (Å²) in [6, 6.07) is 8.23. The normalized spacial score (nSPS) is 10.8. The zero-order valence-corrected chi connectivity index (χ0v) is 12.1. The van der Waals surface area contributed by atoms with Gasteiger partial charge in [-0.25, -0.2) is 4.63 Å². The lowest BCUT2D eigenvalue weighted by Gasteiger charge is -2.12. The summed E-state index contributed by atoms with van der Waals surface area (Å²) in [4.78, 5) is 10.5. The van der Waals surface area contributed by atoms with Gasteiger partial charge in [-0.05, 0) is 34.6 Å². The minimum absolute atomic E-state index is 0.0868. The Balaban J connectivity index is 2.04. The van der Waals surface area contributed by atoms with Gasteiger partial charge in [0.15, 0.2) is 5.52 Å². The van der Waals surface area contributed by atoms with Gasteiger partial charge in [-0.2, -0.15) is 0 Å². The second-order valence-corrected chi connectivity index (χ2v) is 4.83. The molecule has 0 atom stereocenters. The van der Waals surface area contributed by atoms with Crippen LogP contribution in [0.15, 0.2) is 35.0 Å². The van der Waals surface area contributed by atoms with Crippen molar-refractivity contribution in [3.05, 3.63) is 46.0 Å². The number of nitrogens with two attached hydrogens (primary N) is 1. The van der Waals surface area contributed by atoms with Gasteiger partial charge in [0.1, 0.15) is 0 Å². The van der Waals surface area contributed by atoms with Gasteiger partial charge >= 0.3 is 5.69 Å². The number of aromatic nitrogens is 2. The van der Waals surface area contributed by atoms with E-state index in [1.807, 2.05) is 0 Å². The molecule has 3 rings (SSSR count). The molecular weight excluding hydrogens is 302 g/mol. The average Bonchev–Trinajstić information content (AvgIpc) is 3.00. The second kappa shape index (κ2) is 5.89. The number of nitrogens with zero attached hydrogens (tertiary/aromatic N) is 3. The van der Waals surface area contributed by atoms with Gasteiger partial charge in [0.05, 0.1) is 17.2 Å². The maximum absolute atomic E-state index is 11.0. The summed E-state index contributed by atoms with van der Waals surface area (Å²) in [6.07, 6.45) is 0. The maximum Gasteiger partial charge on any atom is 0.300 e. The first-order chi connectivity index (χ1) is 11.1. The quantitative estimate of drug-likeness (QED) is 0.417. The lowest BCUT2D eigenvalue weighted by Crippen LogP contribution is -2.00. The van der Waals surface area contributed by atoms with Gasteiger partial charge in [0.25, 0.3) is 0 Å². The molecule has 9 nitrogen and oxygen atoms in total. The number of nitrogens with one attached hydrogen (secondary N) is 1. The van der Waals surface area contributed by atoms with Crippen molar-refractivity contribution in [2.75, 3.05) is 18.2 Å². The van der Waals surface area contributed by atoms with Crippen molar-refractivity contribution in [3.8, 4) is 0 Å². The first kappa shape index (κ1) is 14.7. The van der Waals surface area contributed by atoms with Crippen molar-refractivity contribution in [2.24, 2.45) is 0 Å². The van der Waals surface area contributed by atoms with E-state index < -0.39 is 4.92 Å². The molecule has 1 heterocycles. The molecule has 0 saturated heterocycles. The summed E-state index contributed by atoms with van der Waals surface area (Å²) in [5.41, 5.74) is 8.72. The summed E-state index contributed by atoms with van der Waals surface area (Å²) < 4.78 is 9.79. The Labute approximate surface area is 130 Å². The van der Waals surface area contributed by atoms with Crippen LogP contribution in [0.25, 0.3) is 11.0 Å². The van der Waals surface area contributed by atoms with Crippen molar-refractivity contribution in [2.45, 2.75) is 6.61 Å². The van der Waals surface area contributed by atoms with Gasteiger partial charge in [0, 0.05) is 30.1 Å². The van der Waals surface area contributed by atoms with Gasteiger partial charge in [-0.15, -0.1) is 0 Å². The van der Waals surface area contributed by atoms with Gasteiger partial charge < -0.3 is 15.8 Å². The number of rotatable bonds is 5. The molecule has 0 aliphatic carbocycles. The molecule has 0 bridgehead atoms. The molecule has 3 aromatic rings. The molecule has 0 radical (unpaired) electrons. The highest BCUT2D eigenvalue weighted by molar-refractivity contribution is 5.95. The van der Waals surface area contributed by atoms with E-state index >= 15 is 0 Å².